The van der Waals surface area contributed by atoms with Crippen LogP contribution in [0.1, 0.15) is 93.2 Å². The van der Waals surface area contributed by atoms with Gasteiger partial charge in [-0.1, -0.05) is 65.8 Å². The molecule has 0 spiro atoms. The van der Waals surface area contributed by atoms with Crippen LogP contribution < -0.4 is 9.47 Å². The van der Waals surface area contributed by atoms with E-state index in [1.807, 2.05) is 62.4 Å². The number of hydrogen-bond acceptors (Lipinski definition) is 51. The molecule has 0 amide bonds. The van der Waals surface area contributed by atoms with E-state index in [4.69, 9.17) is 118 Å². The second kappa shape index (κ2) is 67.8. The third-order valence-electron chi connectivity index (χ3n) is 24.3. The van der Waals surface area contributed by atoms with Crippen molar-refractivity contribution in [1.29, 1.82) is 0 Å². The van der Waals surface area contributed by atoms with Gasteiger partial charge in [0, 0.05) is 76.3 Å². The Bertz CT molecular complexity index is 4120. The molecule has 6 fully saturated rings. The molecule has 6 heterocycles. The van der Waals surface area contributed by atoms with Gasteiger partial charge in [-0.15, -0.1) is 0 Å². The lowest BCUT2D eigenvalue weighted by molar-refractivity contribution is -0.277. The normalized spacial score (nSPS) is 30.8. The Balaban J connectivity index is 0.000000424. The van der Waals surface area contributed by atoms with Crippen molar-refractivity contribution in [2.75, 3.05) is 183 Å². The zero-order chi connectivity index (χ0) is 112. The Kier molecular flexibility index (Phi) is 63.2. The van der Waals surface area contributed by atoms with Gasteiger partial charge in [-0.25, -0.2) is 29.4 Å². The summed E-state index contributed by atoms with van der Waals surface area (Å²) >= 11 is 0. The van der Waals surface area contributed by atoms with Gasteiger partial charge in [-0.05, 0) is 97.7 Å². The fraction of sp³-hybridized carbons (Fsp3) is 0.864. The molecular weight excluding hydrogens is 2150 g/mol. The molecule has 0 radical (unpaired) electrons. The molecule has 6 aliphatic heterocycles. The highest BCUT2D eigenvalue weighted by Crippen LogP contribution is 2.43. The molecule has 8 rings (SSSR count). The predicted octanol–water partition coefficient (Wildman–Crippen LogP) is -5.48. The number of ether oxygens (including phenoxy) is 20. The van der Waals surface area contributed by atoms with Crippen molar-refractivity contribution < 1.29 is 245 Å². The van der Waals surface area contributed by atoms with Gasteiger partial charge in [-0.3, -0.25) is 17.1 Å². The first-order valence-corrected chi connectivity index (χ1v) is 59.0. The topological polar surface area (TPSA) is 771 Å². The number of rotatable bonds is 60. The zero-order valence-corrected chi connectivity index (χ0v) is 92.8. The lowest BCUT2D eigenvalue weighted by atomic mass is 9.99. The van der Waals surface area contributed by atoms with Crippen LogP contribution >= 0.6 is 0 Å². The summed E-state index contributed by atoms with van der Waals surface area (Å²) in [5, 5.41) is 152. The van der Waals surface area contributed by atoms with Crippen LogP contribution in [0.2, 0.25) is 0 Å². The third-order valence-corrected chi connectivity index (χ3v) is 38.0. The predicted molar refractivity (Wildman–Crippen MR) is 528 cm³/mol. The monoisotopic (exact) mass is 2300 g/mol. The molecule has 6 saturated heterocycles. The Hall–Kier alpha value is -2.44. The Morgan fingerprint density at radius 3 is 1.03 bits per heavy atom. The molecule has 6 unspecified atom stereocenters. The van der Waals surface area contributed by atoms with Crippen LogP contribution in [0, 0.1) is 11.8 Å². The van der Waals surface area contributed by atoms with Crippen molar-refractivity contribution in [2.45, 2.75) is 287 Å². The van der Waals surface area contributed by atoms with E-state index in [0.29, 0.717) is 24.7 Å². The van der Waals surface area contributed by atoms with Crippen LogP contribution in [0.5, 0.6) is 11.5 Å². The summed E-state index contributed by atoms with van der Waals surface area (Å²) in [7, 11) is -11.7. The van der Waals surface area contributed by atoms with Crippen LogP contribution in [0.4, 0.5) is 0 Å². The number of aliphatic hydroxyl groups excluding tert-OH is 16. The van der Waals surface area contributed by atoms with Gasteiger partial charge < -0.3 is 190 Å². The first-order valence-electron chi connectivity index (χ1n) is 47.2. The third kappa shape index (κ3) is 45.4. The van der Waals surface area contributed by atoms with Gasteiger partial charge in [-0.2, -0.15) is 8.42 Å². The summed E-state index contributed by atoms with van der Waals surface area (Å²) < 4.78 is 271. The molecular formula is C88H159O52S8+. The van der Waals surface area contributed by atoms with Gasteiger partial charge >= 0.3 is 10.4 Å². The first-order chi connectivity index (χ1) is 69.6. The minimum Gasteiger partial charge on any atom is -0.726 e. The lowest BCUT2D eigenvalue weighted by Gasteiger charge is -2.36. The minimum absolute atomic E-state index is 0.0139. The SMILES string of the molecule is CC.CC[C@@H]1[C@@H](C)[C@H](OCc2ccc(OC)cc2)C[S+]1C[C@H]1OC(C)(C)O[C@H]([C@@H](COCOC)OCOC)C(OCOC)[C@@H]1OS(=O)(=O)[O-].CC[C@@H]1[C@@H](C)[C@H](OCc2ccc(OC)cc2)C[S+]1C[C@H]1OC(C)(C)O[C@H]([C@H](COCOC)OCOC)C(OCOC)[C@@H]1OS(=O)(=O)[O-].O=S(=O)(O)O[C@@H]([C@H](O)[C@H](O)[C@@H](O)CO)[C@H](O)C[S+]1C[C@@H](O)[C@H](O)[C@H]1CO.O=S(=O)([O-])O[C@@H]([C@H](O)[C@H](O)[C@H](O)CO)[C@H](O)C[S+]1C[C@@H](O)[C@H](O)[C@H]1CO. The maximum atomic E-state index is 12.2. The van der Waals surface area contributed by atoms with Crippen molar-refractivity contribution in [2.24, 2.45) is 11.8 Å². The molecule has 0 aromatic heterocycles. The van der Waals surface area contributed by atoms with E-state index >= 15 is 0 Å². The number of benzene rings is 2. The molecule has 0 aliphatic carbocycles. The molecule has 0 saturated carbocycles. The smallest absolute Gasteiger partial charge is 0.397 e. The summed E-state index contributed by atoms with van der Waals surface area (Å²) in [6.45, 7) is 16.3. The highest BCUT2D eigenvalue weighted by Gasteiger charge is 2.60. The van der Waals surface area contributed by atoms with E-state index in [9.17, 15) is 119 Å². The maximum Gasteiger partial charge on any atom is 0.397 e. The molecule has 0 bridgehead atoms. The van der Waals surface area contributed by atoms with Crippen LogP contribution in [0.3, 0.4) is 0 Å². The molecule has 17 N–H and O–H groups in total. The molecule has 148 heavy (non-hydrogen) atoms. The van der Waals surface area contributed by atoms with Gasteiger partial charge in [0.15, 0.2) is 22.1 Å². The van der Waals surface area contributed by atoms with E-state index in [-0.39, 0.29) is 133 Å². The van der Waals surface area contributed by atoms with Crippen LogP contribution in [0.25, 0.3) is 0 Å². The van der Waals surface area contributed by atoms with Gasteiger partial charge in [0.1, 0.15) is 267 Å². The molecule has 60 heteroatoms. The van der Waals surface area contributed by atoms with E-state index < -0.39 is 258 Å². The second-order valence-electron chi connectivity index (χ2n) is 35.7. The largest absolute Gasteiger partial charge is 0.726 e. The van der Waals surface area contributed by atoms with Gasteiger partial charge in [0.05, 0.1) is 67.1 Å². The lowest BCUT2D eigenvalue weighted by Crippen LogP contribution is -2.54. The number of aliphatic hydroxyl groups is 16. The average Bonchev–Trinajstić information content (AvgIpc) is 1.63. The van der Waals surface area contributed by atoms with Crippen molar-refractivity contribution in [1.82, 2.24) is 0 Å². The van der Waals surface area contributed by atoms with Crippen LogP contribution in [-0.4, -0.2) is 508 Å². The molecule has 52 nitrogen and oxygen atoms in total. The van der Waals surface area contributed by atoms with E-state index in [2.05, 4.69) is 36.1 Å². The first kappa shape index (κ1) is 138. The zero-order valence-electron chi connectivity index (χ0n) is 86.2. The van der Waals surface area contributed by atoms with Crippen LogP contribution in [-0.2, 0) is 200 Å². The van der Waals surface area contributed by atoms with Crippen molar-refractivity contribution >= 4 is 85.2 Å². The molecule has 36 atom stereocenters. The maximum absolute atomic E-state index is 12.2. The second-order valence-corrected chi connectivity index (χ2v) is 49.1. The Morgan fingerprint density at radius 2 is 0.750 bits per heavy atom. The summed E-state index contributed by atoms with van der Waals surface area (Å²) in [4.78, 5) is 0. The van der Waals surface area contributed by atoms with Crippen molar-refractivity contribution in [3.63, 3.8) is 0 Å². The fourth-order valence-electron chi connectivity index (χ4n) is 17.4. The Labute approximate surface area is 877 Å². The standard InChI is InChI=1S/2C31H52O14S2.2C12H24O12S2.C2H6/c2*1-9-27-21(2)25(40-14-22-10-12-23(38-8)13-11-22)16-46(27)17-26-29(45-47(32,33)34)30(42-20-37-7)28(44-31(3,4)43-26)24(41-19-36-6)15-39-18-35-5;2*13-1-5(15)10(19)11(20)12(24-26(21,22)23)7(17)4-25-3-6(16)9(18)8(25)2-14;1-2/h2*10-13,21,24-30H,9,14-20H2,1-8H3;2*5-20H,1-4H2;1-2H3/p+1/t21-,24+,25+,26+,27+,28+,29+,30?,46?;21-,24-,25+,26+,27+,28+,29+,30?,46?;5-,6+,7+,8+,9-,10+,11+,12+,25?;5-,6-,7-,8-,9+,10-,11-,12-,25?;/m0001./s1. The molecule has 6 aliphatic rings. The van der Waals surface area contributed by atoms with E-state index in [1.54, 1.807) is 41.9 Å². The quantitative estimate of drug-likeness (QED) is 0.00966. The molecule has 2 aromatic rings. The summed E-state index contributed by atoms with van der Waals surface area (Å²) in [5.41, 5.74) is 2.06. The van der Waals surface area contributed by atoms with Crippen molar-refractivity contribution in [3.05, 3.63) is 59.7 Å². The van der Waals surface area contributed by atoms with Gasteiger partial charge in [0.2, 0.25) is 31.2 Å². The average molecular weight is 2310 g/mol. The molecule has 870 valence electrons. The van der Waals surface area contributed by atoms with Gasteiger partial charge in [0.25, 0.3) is 0 Å². The molecule has 2 aromatic carbocycles. The van der Waals surface area contributed by atoms with E-state index in [0.717, 1.165) is 47.0 Å². The van der Waals surface area contributed by atoms with Crippen molar-refractivity contribution in [3.8, 4) is 11.5 Å². The summed E-state index contributed by atoms with van der Waals surface area (Å²) in [6.07, 6.45) is -34.6. The highest BCUT2D eigenvalue weighted by molar-refractivity contribution is 7.98. The van der Waals surface area contributed by atoms with Crippen LogP contribution in [0.15, 0.2) is 48.5 Å². The highest BCUT2D eigenvalue weighted by atomic mass is 32.3. The summed E-state index contributed by atoms with van der Waals surface area (Å²) in [5.74, 6) is 0.856. The fourth-order valence-corrected chi connectivity index (χ4v) is 31.6. The van der Waals surface area contributed by atoms with E-state index in [1.165, 1.54) is 42.7 Å². The summed E-state index contributed by atoms with van der Waals surface area (Å²) in [6, 6.07) is 15.5. The number of hydrogen-bond donors (Lipinski definition) is 17. The minimum atomic E-state index is -5.42. The number of methoxy groups -OCH3 is 8. The Morgan fingerprint density at radius 1 is 0.419 bits per heavy atom.